The van der Waals surface area contributed by atoms with Gasteiger partial charge in [0.1, 0.15) is 23.3 Å². The average Bonchev–Trinajstić information content (AvgIpc) is 2.49. The van der Waals surface area contributed by atoms with Crippen molar-refractivity contribution in [2.75, 3.05) is 13.2 Å². The Kier molecular flexibility index (Phi) is 4.81. The summed E-state index contributed by atoms with van der Waals surface area (Å²) >= 11 is 0. The first-order valence-electron chi connectivity index (χ1n) is 7.36. The van der Waals surface area contributed by atoms with Crippen molar-refractivity contribution >= 4 is 17.9 Å². The molecular weight excluding hydrogens is 336 g/mol. The Morgan fingerprint density at radius 2 is 1.04 bits per heavy atom. The highest BCUT2D eigenvalue weighted by molar-refractivity contribution is 6.14. The maximum Gasteiger partial charge on any atom is 0.189 e. The number of ether oxygens (including phenoxy) is 1. The van der Waals surface area contributed by atoms with E-state index in [2.05, 4.69) is 0 Å². The van der Waals surface area contributed by atoms with Gasteiger partial charge in [-0.05, 0) is 47.5 Å². The third-order valence-corrected chi connectivity index (χ3v) is 3.55. The highest BCUT2D eigenvalue weighted by Crippen LogP contribution is 2.21. The maximum atomic E-state index is 13.3. The van der Waals surface area contributed by atoms with Crippen LogP contribution in [-0.4, -0.2) is 19.0 Å². The molecule has 6 heteroatoms. The lowest BCUT2D eigenvalue weighted by Gasteiger charge is -2.17. The Morgan fingerprint density at radius 3 is 1.40 bits per heavy atom. The molecule has 0 unspecified atom stereocenters. The fraction of sp³-hybridized carbons (Fsp3) is 0.105. The molecule has 1 aliphatic heterocycles. The lowest BCUT2D eigenvalue weighted by atomic mass is 9.98. The van der Waals surface area contributed by atoms with E-state index in [1.165, 1.54) is 12.2 Å². The van der Waals surface area contributed by atoms with Crippen molar-refractivity contribution in [3.05, 3.63) is 81.9 Å². The molecule has 128 valence electrons. The van der Waals surface area contributed by atoms with Gasteiger partial charge in [-0.3, -0.25) is 4.79 Å². The molecule has 1 aliphatic rings. The summed E-state index contributed by atoms with van der Waals surface area (Å²) in [5.74, 6) is -3.45. The SMILES string of the molecule is O=C1C(=Cc2cc(F)cc(F)c2)COCC1=Cc1cc(F)cc(F)c1. The zero-order chi connectivity index (χ0) is 18.0. The van der Waals surface area contributed by atoms with E-state index in [1.807, 2.05) is 0 Å². The van der Waals surface area contributed by atoms with Crippen LogP contribution in [0.5, 0.6) is 0 Å². The van der Waals surface area contributed by atoms with Crippen LogP contribution in [0.2, 0.25) is 0 Å². The van der Waals surface area contributed by atoms with Crippen molar-refractivity contribution < 1.29 is 27.1 Å². The number of Topliss-reactive ketones (excluding diaryl/α,β-unsaturated/α-hetero) is 1. The molecule has 0 saturated carbocycles. The molecule has 1 heterocycles. The van der Waals surface area contributed by atoms with E-state index in [-0.39, 0.29) is 35.5 Å². The van der Waals surface area contributed by atoms with Gasteiger partial charge in [0.15, 0.2) is 5.78 Å². The van der Waals surface area contributed by atoms with Crippen LogP contribution in [0, 0.1) is 23.3 Å². The monoisotopic (exact) mass is 348 g/mol. The molecule has 0 aromatic heterocycles. The standard InChI is InChI=1S/C19H12F4O2/c20-15-3-11(4-16(21)7-15)1-13-9-25-10-14(19(13)24)2-12-5-17(22)8-18(23)6-12/h1-8H,9-10H2. The summed E-state index contributed by atoms with van der Waals surface area (Å²) in [6.45, 7) is -0.0440. The number of carbonyl (C=O) groups excluding carboxylic acids is 1. The predicted molar refractivity (Wildman–Crippen MR) is 84.5 cm³/mol. The van der Waals surface area contributed by atoms with Crippen LogP contribution in [0.15, 0.2) is 47.5 Å². The summed E-state index contributed by atoms with van der Waals surface area (Å²) in [5.41, 5.74) is 0.753. The predicted octanol–water partition coefficient (Wildman–Crippen LogP) is 4.31. The van der Waals surface area contributed by atoms with E-state index < -0.39 is 29.1 Å². The fourth-order valence-corrected chi connectivity index (χ4v) is 2.54. The molecule has 0 spiro atoms. The van der Waals surface area contributed by atoms with Crippen molar-refractivity contribution in [2.24, 2.45) is 0 Å². The first-order valence-corrected chi connectivity index (χ1v) is 7.36. The van der Waals surface area contributed by atoms with Gasteiger partial charge in [-0.25, -0.2) is 17.6 Å². The van der Waals surface area contributed by atoms with Crippen molar-refractivity contribution in [3.63, 3.8) is 0 Å². The van der Waals surface area contributed by atoms with E-state index >= 15 is 0 Å². The van der Waals surface area contributed by atoms with Crippen molar-refractivity contribution in [1.82, 2.24) is 0 Å². The van der Waals surface area contributed by atoms with Crippen LogP contribution in [0.25, 0.3) is 12.2 Å². The number of rotatable bonds is 2. The molecule has 2 nitrogen and oxygen atoms in total. The van der Waals surface area contributed by atoms with Crippen LogP contribution in [0.3, 0.4) is 0 Å². The van der Waals surface area contributed by atoms with Gasteiger partial charge in [0.05, 0.1) is 13.2 Å². The van der Waals surface area contributed by atoms with E-state index in [4.69, 9.17) is 4.74 Å². The summed E-state index contributed by atoms with van der Waals surface area (Å²) in [7, 11) is 0. The van der Waals surface area contributed by atoms with Gasteiger partial charge in [-0.1, -0.05) is 0 Å². The van der Waals surface area contributed by atoms with Gasteiger partial charge in [0.2, 0.25) is 0 Å². The Balaban J connectivity index is 1.92. The van der Waals surface area contributed by atoms with Crippen molar-refractivity contribution in [3.8, 4) is 0 Å². The molecular formula is C19H12F4O2. The highest BCUT2D eigenvalue weighted by atomic mass is 19.1. The molecule has 0 atom stereocenters. The Bertz CT molecular complexity index is 788. The Hall–Kier alpha value is -2.73. The Morgan fingerprint density at radius 1 is 0.680 bits per heavy atom. The zero-order valence-electron chi connectivity index (χ0n) is 12.9. The van der Waals surface area contributed by atoms with Crippen LogP contribution in [0.4, 0.5) is 17.6 Å². The van der Waals surface area contributed by atoms with Gasteiger partial charge < -0.3 is 4.74 Å². The smallest absolute Gasteiger partial charge is 0.189 e. The van der Waals surface area contributed by atoms with E-state index in [1.54, 1.807) is 0 Å². The average molecular weight is 348 g/mol. The third-order valence-electron chi connectivity index (χ3n) is 3.55. The largest absolute Gasteiger partial charge is 0.372 e. The number of halogens is 4. The summed E-state index contributed by atoms with van der Waals surface area (Å²) in [6, 6.07) is 5.80. The molecule has 1 saturated heterocycles. The minimum atomic E-state index is -0.762. The summed E-state index contributed by atoms with van der Waals surface area (Å²) < 4.78 is 58.3. The molecule has 2 aromatic rings. The first kappa shape index (κ1) is 17.1. The quantitative estimate of drug-likeness (QED) is 0.597. The second-order valence-electron chi connectivity index (χ2n) is 5.57. The van der Waals surface area contributed by atoms with Crippen LogP contribution >= 0.6 is 0 Å². The topological polar surface area (TPSA) is 26.3 Å². The van der Waals surface area contributed by atoms with E-state index in [9.17, 15) is 22.4 Å². The molecule has 0 bridgehead atoms. The van der Waals surface area contributed by atoms with Gasteiger partial charge in [-0.2, -0.15) is 0 Å². The summed E-state index contributed by atoms with van der Waals surface area (Å²) in [5, 5.41) is 0. The molecule has 2 aromatic carbocycles. The number of hydrogen-bond acceptors (Lipinski definition) is 2. The molecule has 3 rings (SSSR count). The molecule has 0 amide bonds. The van der Waals surface area contributed by atoms with Crippen molar-refractivity contribution in [2.45, 2.75) is 0 Å². The van der Waals surface area contributed by atoms with Gasteiger partial charge in [0, 0.05) is 23.3 Å². The molecule has 0 N–H and O–H groups in total. The zero-order valence-corrected chi connectivity index (χ0v) is 12.9. The summed E-state index contributed by atoms with van der Waals surface area (Å²) in [6.07, 6.45) is 2.65. The van der Waals surface area contributed by atoms with Crippen molar-refractivity contribution in [1.29, 1.82) is 0 Å². The second kappa shape index (κ2) is 7.03. The second-order valence-corrected chi connectivity index (χ2v) is 5.57. The minimum Gasteiger partial charge on any atom is -0.372 e. The number of carbonyl (C=O) groups is 1. The fourth-order valence-electron chi connectivity index (χ4n) is 2.54. The molecule has 0 radical (unpaired) electrons. The first-order chi connectivity index (χ1) is 11.9. The molecule has 25 heavy (non-hydrogen) atoms. The molecule has 0 aliphatic carbocycles. The van der Waals surface area contributed by atoms with Crippen LogP contribution in [0.1, 0.15) is 11.1 Å². The molecule has 1 fully saturated rings. The summed E-state index contributed by atoms with van der Waals surface area (Å²) in [4.78, 5) is 12.5. The Labute approximate surface area is 141 Å². The number of benzene rings is 2. The van der Waals surface area contributed by atoms with E-state index in [0.29, 0.717) is 0 Å². The van der Waals surface area contributed by atoms with Gasteiger partial charge in [0.25, 0.3) is 0 Å². The highest BCUT2D eigenvalue weighted by Gasteiger charge is 2.21. The van der Waals surface area contributed by atoms with Crippen LogP contribution < -0.4 is 0 Å². The number of ketones is 1. The number of hydrogen-bond donors (Lipinski definition) is 0. The minimum absolute atomic E-state index is 0.0220. The normalized spacial score (nSPS) is 18.2. The van der Waals surface area contributed by atoms with Crippen LogP contribution in [-0.2, 0) is 9.53 Å². The maximum absolute atomic E-state index is 13.3. The van der Waals surface area contributed by atoms with Gasteiger partial charge in [-0.15, -0.1) is 0 Å². The third kappa shape index (κ3) is 4.22. The lowest BCUT2D eigenvalue weighted by molar-refractivity contribution is -0.114. The van der Waals surface area contributed by atoms with Gasteiger partial charge >= 0.3 is 0 Å². The lowest BCUT2D eigenvalue weighted by Crippen LogP contribution is -2.22. The van der Waals surface area contributed by atoms with E-state index in [0.717, 1.165) is 36.4 Å².